The fraction of sp³-hybridized carbons (Fsp3) is 0.381. The Balaban J connectivity index is 1.83. The Kier molecular flexibility index (Phi) is 7.11. The van der Waals surface area contributed by atoms with Gasteiger partial charge in [0.05, 0.1) is 19.0 Å². The highest BCUT2D eigenvalue weighted by Gasteiger charge is 2.34. The van der Waals surface area contributed by atoms with Crippen molar-refractivity contribution in [2.24, 2.45) is 10.7 Å². The molecule has 1 aromatic heterocycles. The van der Waals surface area contributed by atoms with Crippen LogP contribution in [0.15, 0.2) is 35.6 Å². The van der Waals surface area contributed by atoms with Crippen LogP contribution in [-0.2, 0) is 10.3 Å². The molecule has 2 N–H and O–H groups in total. The van der Waals surface area contributed by atoms with E-state index in [2.05, 4.69) is 15.0 Å². The average Bonchev–Trinajstić information content (AvgIpc) is 2.73. The zero-order valence-electron chi connectivity index (χ0n) is 17.8. The Morgan fingerprint density at radius 2 is 2.16 bits per heavy atom. The number of nitrogens with two attached hydrogens (primary N) is 1. The second-order valence-corrected chi connectivity index (χ2v) is 8.46. The molecule has 10 heteroatoms. The number of rotatable bonds is 7. The van der Waals surface area contributed by atoms with Crippen LogP contribution in [0.5, 0.6) is 5.88 Å². The summed E-state index contributed by atoms with van der Waals surface area (Å²) in [5.41, 5.74) is 5.93. The van der Waals surface area contributed by atoms with Crippen molar-refractivity contribution >= 4 is 29.8 Å². The summed E-state index contributed by atoms with van der Waals surface area (Å²) in [4.78, 5) is 12.6. The van der Waals surface area contributed by atoms with Crippen LogP contribution in [0.2, 0.25) is 0 Å². The van der Waals surface area contributed by atoms with E-state index in [1.165, 1.54) is 42.6 Å². The Morgan fingerprint density at radius 3 is 2.81 bits per heavy atom. The van der Waals surface area contributed by atoms with Crippen LogP contribution in [-0.4, -0.2) is 52.9 Å². The molecule has 0 aliphatic carbocycles. The molecule has 166 valence electrons. The van der Waals surface area contributed by atoms with Crippen molar-refractivity contribution in [1.29, 1.82) is 0 Å². The van der Waals surface area contributed by atoms with E-state index in [4.69, 9.17) is 15.2 Å². The molecule has 1 aliphatic heterocycles. The van der Waals surface area contributed by atoms with Gasteiger partial charge in [0.2, 0.25) is 11.8 Å². The van der Waals surface area contributed by atoms with Gasteiger partial charge in [0.15, 0.2) is 5.83 Å². The van der Waals surface area contributed by atoms with E-state index < -0.39 is 17.2 Å². The number of aromatic nitrogens is 2. The summed E-state index contributed by atoms with van der Waals surface area (Å²) < 4.78 is 41.6. The van der Waals surface area contributed by atoms with Crippen LogP contribution in [0.4, 0.5) is 8.78 Å². The number of halogens is 2. The molecule has 0 fully saturated rings. The summed E-state index contributed by atoms with van der Waals surface area (Å²) in [6.45, 7) is 4.03. The smallest absolute Gasteiger partial charge is 0.232 e. The highest BCUT2D eigenvalue weighted by atomic mass is 32.2. The second kappa shape index (κ2) is 9.61. The monoisotopic (exact) mass is 449 g/mol. The third-order valence-electron chi connectivity index (χ3n) is 4.68. The molecule has 2 aromatic rings. The van der Waals surface area contributed by atoms with E-state index in [0.717, 1.165) is 0 Å². The number of aliphatic imine (C=N–C) groups is 1. The van der Waals surface area contributed by atoms with E-state index in [0.29, 0.717) is 29.4 Å². The van der Waals surface area contributed by atoms with Gasteiger partial charge in [-0.25, -0.2) is 23.7 Å². The van der Waals surface area contributed by atoms with Gasteiger partial charge < -0.3 is 15.2 Å². The first-order valence-electron chi connectivity index (χ1n) is 9.59. The molecule has 0 bridgehead atoms. The standard InChI is InChI=1S/C21H25F2N5O2S/c1-13(11-29-4)30-19-10-25-18(9-26-19)17(23)8-14-5-6-16(22)15(7-14)21(2)12-31-28(3)20(24)27-21/h5-10,13H,11-12H2,1-4H3,(H2,24,27)/b17-8-/t13-,21-/m0/s1. The minimum atomic E-state index is -0.858. The normalized spacial score (nSPS) is 20.4. The molecule has 3 rings (SSSR count). The summed E-state index contributed by atoms with van der Waals surface area (Å²) in [5, 5.41) is 0. The number of hydrogen-bond donors (Lipinski definition) is 1. The molecule has 0 amide bonds. The molecular weight excluding hydrogens is 424 g/mol. The van der Waals surface area contributed by atoms with Crippen LogP contribution < -0.4 is 10.5 Å². The topological polar surface area (TPSA) is 85.9 Å². The van der Waals surface area contributed by atoms with Crippen LogP contribution in [0.25, 0.3) is 11.9 Å². The maximum absolute atomic E-state index is 14.8. The van der Waals surface area contributed by atoms with Crippen molar-refractivity contribution < 1.29 is 18.3 Å². The highest BCUT2D eigenvalue weighted by Crippen LogP contribution is 2.36. The Morgan fingerprint density at radius 1 is 1.39 bits per heavy atom. The minimum absolute atomic E-state index is 0.0425. The molecule has 31 heavy (non-hydrogen) atoms. The van der Waals surface area contributed by atoms with Crippen LogP contribution >= 0.6 is 11.9 Å². The van der Waals surface area contributed by atoms with Gasteiger partial charge >= 0.3 is 0 Å². The highest BCUT2D eigenvalue weighted by molar-refractivity contribution is 7.97. The molecule has 0 saturated carbocycles. The molecular formula is C21H25F2N5O2S. The first-order chi connectivity index (χ1) is 14.7. The van der Waals surface area contributed by atoms with E-state index in [1.54, 1.807) is 31.5 Å². The quantitative estimate of drug-likeness (QED) is 0.646. The maximum atomic E-state index is 14.8. The Hall–Kier alpha value is -2.72. The third-order valence-corrected chi connectivity index (χ3v) is 5.95. The van der Waals surface area contributed by atoms with Gasteiger partial charge in [-0.3, -0.25) is 4.31 Å². The SMILES string of the molecule is COC[C@H](C)Oc1cnc(/C(F)=C/c2ccc(F)c([C@]3(C)CSN(C)C(N)=N3)c2)cn1. The summed E-state index contributed by atoms with van der Waals surface area (Å²) in [7, 11) is 3.37. The molecule has 0 unspecified atom stereocenters. The summed E-state index contributed by atoms with van der Waals surface area (Å²) in [6, 6.07) is 4.37. The fourth-order valence-corrected chi connectivity index (χ4v) is 3.86. The molecule has 1 aliphatic rings. The summed E-state index contributed by atoms with van der Waals surface area (Å²) in [5.74, 6) is 0.0576. The first-order valence-corrected chi connectivity index (χ1v) is 10.5. The van der Waals surface area contributed by atoms with Gasteiger partial charge in [0.25, 0.3) is 0 Å². The number of hydrogen-bond acceptors (Lipinski definition) is 8. The molecule has 1 aromatic carbocycles. The summed E-state index contributed by atoms with van der Waals surface area (Å²) in [6.07, 6.45) is 3.70. The van der Waals surface area contributed by atoms with Gasteiger partial charge in [-0.05, 0) is 49.6 Å². The number of methoxy groups -OCH3 is 1. The molecule has 0 saturated heterocycles. The number of benzene rings is 1. The van der Waals surface area contributed by atoms with Crippen molar-refractivity contribution in [3.8, 4) is 5.88 Å². The Labute approximate surface area is 184 Å². The molecule has 0 spiro atoms. The zero-order valence-corrected chi connectivity index (χ0v) is 18.6. The number of ether oxygens (including phenoxy) is 2. The lowest BCUT2D eigenvalue weighted by Gasteiger charge is -2.34. The molecule has 0 radical (unpaired) electrons. The largest absolute Gasteiger partial charge is 0.471 e. The first kappa shape index (κ1) is 23.0. The van der Waals surface area contributed by atoms with Crippen LogP contribution in [0.1, 0.15) is 30.7 Å². The van der Waals surface area contributed by atoms with Crippen molar-refractivity contribution in [3.63, 3.8) is 0 Å². The number of guanidine groups is 1. The van der Waals surface area contributed by atoms with Crippen molar-refractivity contribution in [2.45, 2.75) is 25.5 Å². The molecule has 2 heterocycles. The van der Waals surface area contributed by atoms with E-state index >= 15 is 0 Å². The predicted molar refractivity (Wildman–Crippen MR) is 119 cm³/mol. The molecule has 2 atom stereocenters. The van der Waals surface area contributed by atoms with Gasteiger partial charge in [0.1, 0.15) is 23.2 Å². The fourth-order valence-electron chi connectivity index (χ4n) is 3.02. The van der Waals surface area contributed by atoms with Crippen molar-refractivity contribution in [1.82, 2.24) is 14.3 Å². The second-order valence-electron chi connectivity index (χ2n) is 7.37. The minimum Gasteiger partial charge on any atom is -0.471 e. The Bertz CT molecular complexity index is 986. The third kappa shape index (κ3) is 5.50. The van der Waals surface area contributed by atoms with E-state index in [-0.39, 0.29) is 17.7 Å². The van der Waals surface area contributed by atoms with Crippen molar-refractivity contribution in [2.75, 3.05) is 26.5 Å². The van der Waals surface area contributed by atoms with Crippen LogP contribution in [0, 0.1) is 5.82 Å². The van der Waals surface area contributed by atoms with E-state index in [9.17, 15) is 8.78 Å². The average molecular weight is 450 g/mol. The maximum Gasteiger partial charge on any atom is 0.232 e. The lowest BCUT2D eigenvalue weighted by Crippen LogP contribution is -2.40. The van der Waals surface area contributed by atoms with Crippen LogP contribution in [0.3, 0.4) is 0 Å². The summed E-state index contributed by atoms with van der Waals surface area (Å²) >= 11 is 1.45. The van der Waals surface area contributed by atoms with Gasteiger partial charge in [-0.1, -0.05) is 6.07 Å². The van der Waals surface area contributed by atoms with Crippen molar-refractivity contribution in [3.05, 3.63) is 53.2 Å². The van der Waals surface area contributed by atoms with Gasteiger partial charge in [-0.15, -0.1) is 0 Å². The lowest BCUT2D eigenvalue weighted by molar-refractivity contribution is 0.0886. The molecule has 7 nitrogen and oxygen atoms in total. The van der Waals surface area contributed by atoms with Gasteiger partial charge in [0, 0.05) is 25.5 Å². The zero-order chi connectivity index (χ0) is 22.6. The van der Waals surface area contributed by atoms with E-state index in [1.807, 2.05) is 6.92 Å². The van der Waals surface area contributed by atoms with Gasteiger partial charge in [-0.2, -0.15) is 0 Å². The lowest BCUT2D eigenvalue weighted by atomic mass is 9.92. The number of nitrogens with zero attached hydrogens (tertiary/aromatic N) is 4. The predicted octanol–water partition coefficient (Wildman–Crippen LogP) is 3.62.